The first-order chi connectivity index (χ1) is 15.9. The van der Waals surface area contributed by atoms with Gasteiger partial charge in [0, 0.05) is 16.1 Å². The van der Waals surface area contributed by atoms with E-state index in [4.69, 9.17) is 9.47 Å². The molecule has 34 heavy (non-hydrogen) atoms. The molecule has 0 rings (SSSR count). The lowest BCUT2D eigenvalue weighted by molar-refractivity contribution is 0.0535. The molecule has 0 aliphatic rings. The lowest BCUT2D eigenvalue weighted by atomic mass is 10.3. The fourth-order valence-electron chi connectivity index (χ4n) is 4.53. The summed E-state index contributed by atoms with van der Waals surface area (Å²) < 4.78 is 10.5. The molecule has 0 aliphatic carbocycles. The Hall–Kier alpha value is -1.42. The quantitative estimate of drug-likeness (QED) is 0.0892. The van der Waals surface area contributed by atoms with Gasteiger partial charge in [-0.3, -0.25) is 0 Å². The van der Waals surface area contributed by atoms with Crippen molar-refractivity contribution in [2.24, 2.45) is 0 Å². The van der Waals surface area contributed by atoms with Crippen molar-refractivity contribution >= 4 is 38.5 Å². The molecule has 0 bridgehead atoms. The minimum absolute atomic E-state index is 0.424. The molecule has 0 aromatic heterocycles. The molecule has 0 N–H and O–H groups in total. The maximum atomic E-state index is 11.9. The normalized spacial score (nSPS) is 12.4. The predicted octanol–water partition coefficient (Wildman–Crippen LogP) is 8.44. The summed E-state index contributed by atoms with van der Waals surface area (Å²) >= 11 is 0. The molecule has 0 unspecified atom stereocenters. The van der Waals surface area contributed by atoms with Crippen LogP contribution in [0.2, 0.25) is 49.6 Å². The summed E-state index contributed by atoms with van der Waals surface area (Å²) in [5.41, 5.74) is 14.9. The Morgan fingerprint density at radius 3 is 1.15 bits per heavy atom. The van der Waals surface area contributed by atoms with E-state index in [0.717, 1.165) is 25.7 Å². The lowest BCUT2D eigenvalue weighted by Crippen LogP contribution is -2.40. The van der Waals surface area contributed by atoms with Crippen molar-refractivity contribution in [3.63, 3.8) is 0 Å². The maximum absolute atomic E-state index is 11.9. The number of ether oxygens (including phenoxy) is 2. The molecule has 0 heterocycles. The molecule has 0 radical (unpaired) electrons. The average molecular weight is 535 g/mol. The van der Waals surface area contributed by atoms with Crippen LogP contribution in [0.4, 0.5) is 4.79 Å². The molecule has 3 nitrogen and oxygen atoms in total. The first-order valence-electron chi connectivity index (χ1n) is 12.5. The highest BCUT2D eigenvalue weighted by Gasteiger charge is 2.33. The fourth-order valence-corrected chi connectivity index (χ4v) is 26.1. The van der Waals surface area contributed by atoms with Crippen molar-refractivity contribution in [2.45, 2.75) is 75.3 Å². The molecule has 0 saturated heterocycles. The van der Waals surface area contributed by atoms with Crippen molar-refractivity contribution in [3.8, 4) is 0 Å². The SMILES string of the molecule is C=C[Si](C=C)(C=C)C[Si](C)(C)CCCCOC(=O)OCCCC[Si](C)(C)C[Si](C=C)(C=C)C=C. The van der Waals surface area contributed by atoms with Crippen LogP contribution in [-0.2, 0) is 9.47 Å². The van der Waals surface area contributed by atoms with Crippen LogP contribution >= 0.6 is 0 Å². The molecule has 0 spiro atoms. The van der Waals surface area contributed by atoms with Gasteiger partial charge in [0.2, 0.25) is 0 Å². The van der Waals surface area contributed by atoms with E-state index in [1.54, 1.807) is 0 Å². The third-order valence-electron chi connectivity index (χ3n) is 6.79. The molecule has 0 saturated carbocycles. The van der Waals surface area contributed by atoms with E-state index in [-0.39, 0.29) is 0 Å². The third-order valence-corrected chi connectivity index (χ3v) is 27.3. The van der Waals surface area contributed by atoms with Crippen LogP contribution in [0.5, 0.6) is 0 Å². The monoisotopic (exact) mass is 534 g/mol. The minimum Gasteiger partial charge on any atom is -0.434 e. The second-order valence-electron chi connectivity index (χ2n) is 11.0. The van der Waals surface area contributed by atoms with Crippen LogP contribution in [0.15, 0.2) is 73.7 Å². The van der Waals surface area contributed by atoms with Crippen molar-refractivity contribution in [1.82, 2.24) is 0 Å². The number of hydrogen-bond donors (Lipinski definition) is 0. The first-order valence-corrected chi connectivity index (χ1v) is 24.2. The average Bonchev–Trinajstić information content (AvgIpc) is 2.80. The van der Waals surface area contributed by atoms with E-state index in [2.05, 4.69) is 99.9 Å². The molecule has 0 aromatic carbocycles. The summed E-state index contributed by atoms with van der Waals surface area (Å²) in [4.78, 5) is 11.9. The number of carbonyl (C=O) groups is 1. The van der Waals surface area contributed by atoms with Gasteiger partial charge in [0.1, 0.15) is 16.1 Å². The van der Waals surface area contributed by atoms with Gasteiger partial charge in [0.15, 0.2) is 0 Å². The summed E-state index contributed by atoms with van der Waals surface area (Å²) in [7, 11) is -6.27. The van der Waals surface area contributed by atoms with Crippen molar-refractivity contribution in [1.29, 1.82) is 0 Å². The standard InChI is InChI=1S/C27H50O3Si4/c1-11-33(12-2,13-3)25-31(7,8)23-19-17-21-29-27(28)30-22-18-20-24-32(9,10)26-34(14-4,15-5)16-6/h11-16H,1-6,17-26H2,7-10H3. The third kappa shape index (κ3) is 12.3. The highest BCUT2D eigenvalue weighted by Crippen LogP contribution is 2.28. The molecule has 0 aromatic rings. The minimum atomic E-state index is -1.75. The van der Waals surface area contributed by atoms with E-state index in [0.29, 0.717) is 13.2 Å². The van der Waals surface area contributed by atoms with Gasteiger partial charge in [0.05, 0.1) is 13.2 Å². The fraction of sp³-hybridized carbons (Fsp3) is 0.519. The molecule has 7 heteroatoms. The van der Waals surface area contributed by atoms with Gasteiger partial charge in [0.25, 0.3) is 0 Å². The summed E-state index contributed by atoms with van der Waals surface area (Å²) in [5, 5.41) is 0. The van der Waals surface area contributed by atoms with Gasteiger partial charge in [-0.2, -0.15) is 0 Å². The predicted molar refractivity (Wildman–Crippen MR) is 163 cm³/mol. The Labute approximate surface area is 214 Å². The Morgan fingerprint density at radius 2 is 0.882 bits per heavy atom. The molecule has 0 aliphatic heterocycles. The zero-order valence-electron chi connectivity index (χ0n) is 22.5. The Balaban J connectivity index is 4.13. The number of carbonyl (C=O) groups excluding carboxylic acids is 1. The maximum Gasteiger partial charge on any atom is 0.508 e. The van der Waals surface area contributed by atoms with Crippen LogP contribution in [0.3, 0.4) is 0 Å². The summed E-state index contributed by atoms with van der Waals surface area (Å²) in [6.07, 6.45) is 3.33. The van der Waals surface area contributed by atoms with Gasteiger partial charge in [-0.25, -0.2) is 4.79 Å². The van der Waals surface area contributed by atoms with Gasteiger partial charge in [-0.1, -0.05) is 96.6 Å². The van der Waals surface area contributed by atoms with E-state index in [9.17, 15) is 4.79 Å². The topological polar surface area (TPSA) is 35.5 Å². The van der Waals surface area contributed by atoms with E-state index in [1.807, 2.05) is 0 Å². The van der Waals surface area contributed by atoms with Gasteiger partial charge in [-0.05, 0) is 12.8 Å². The van der Waals surface area contributed by atoms with Crippen LogP contribution in [0, 0.1) is 0 Å². The van der Waals surface area contributed by atoms with Crippen molar-refractivity contribution in [3.05, 3.63) is 73.7 Å². The highest BCUT2D eigenvalue weighted by atomic mass is 28.4. The molecule has 0 amide bonds. The highest BCUT2D eigenvalue weighted by molar-refractivity contribution is 7.04. The first kappa shape index (κ1) is 32.6. The van der Waals surface area contributed by atoms with Crippen LogP contribution < -0.4 is 0 Å². The van der Waals surface area contributed by atoms with Crippen molar-refractivity contribution < 1.29 is 14.3 Å². The smallest absolute Gasteiger partial charge is 0.434 e. The van der Waals surface area contributed by atoms with Gasteiger partial charge < -0.3 is 9.47 Å². The zero-order chi connectivity index (χ0) is 26.3. The molecular formula is C27H50O3Si4. The molecule has 192 valence electrons. The van der Waals surface area contributed by atoms with Crippen LogP contribution in [0.1, 0.15) is 25.7 Å². The molecule has 0 fully saturated rings. The zero-order valence-corrected chi connectivity index (χ0v) is 26.5. The van der Waals surface area contributed by atoms with E-state index in [1.165, 1.54) is 23.4 Å². The second-order valence-corrected chi connectivity index (χ2v) is 30.4. The Morgan fingerprint density at radius 1 is 0.588 bits per heavy atom. The number of hydrogen-bond acceptors (Lipinski definition) is 3. The van der Waals surface area contributed by atoms with Gasteiger partial charge in [-0.15, -0.1) is 39.5 Å². The second kappa shape index (κ2) is 15.5. The summed E-state index contributed by atoms with van der Waals surface area (Å²) in [6, 6.07) is 2.39. The van der Waals surface area contributed by atoms with Crippen molar-refractivity contribution in [2.75, 3.05) is 13.2 Å². The van der Waals surface area contributed by atoms with Gasteiger partial charge >= 0.3 is 6.16 Å². The summed E-state index contributed by atoms with van der Waals surface area (Å²) in [6.45, 7) is 34.7. The van der Waals surface area contributed by atoms with E-state index >= 15 is 0 Å². The largest absolute Gasteiger partial charge is 0.508 e. The molecular weight excluding hydrogens is 485 g/mol. The Bertz CT molecular complexity index is 611. The molecule has 0 atom stereocenters. The van der Waals surface area contributed by atoms with E-state index < -0.39 is 38.5 Å². The van der Waals surface area contributed by atoms with Crippen LogP contribution in [-0.4, -0.2) is 51.7 Å². The number of rotatable bonds is 20. The summed E-state index contributed by atoms with van der Waals surface area (Å²) in [5.74, 6) is 0. The number of unbranched alkanes of at least 4 members (excludes halogenated alkanes) is 2. The lowest BCUT2D eigenvalue weighted by Gasteiger charge is -2.31. The van der Waals surface area contributed by atoms with Crippen LogP contribution in [0.25, 0.3) is 0 Å². The Kier molecular flexibility index (Phi) is 14.9.